The number of aromatic nitrogens is 2. The molecule has 3 aromatic rings. The van der Waals surface area contributed by atoms with Crippen molar-refractivity contribution in [3.63, 3.8) is 0 Å². The minimum Gasteiger partial charge on any atom is -0.495 e. The lowest BCUT2D eigenvalue weighted by Crippen LogP contribution is -2.01. The van der Waals surface area contributed by atoms with Gasteiger partial charge in [0.05, 0.1) is 19.3 Å². The number of nitrogens with one attached hydrogen (secondary N) is 1. The first-order valence-electron chi connectivity index (χ1n) is 7.03. The molecule has 0 unspecified atom stereocenters. The molecule has 0 aliphatic rings. The Morgan fingerprint density at radius 3 is 2.64 bits per heavy atom. The predicted octanol–water partition coefficient (Wildman–Crippen LogP) is 3.67. The molecule has 1 aromatic heterocycles. The maximum absolute atomic E-state index is 5.72. The zero-order valence-electron chi connectivity index (χ0n) is 12.5. The topological polar surface area (TPSA) is 60.2 Å². The Balaban J connectivity index is 1.74. The summed E-state index contributed by atoms with van der Waals surface area (Å²) in [4.78, 5) is 0. The summed E-state index contributed by atoms with van der Waals surface area (Å²) in [6.07, 6.45) is 0. The van der Waals surface area contributed by atoms with E-state index in [0.717, 1.165) is 22.6 Å². The number of methoxy groups -OCH3 is 1. The molecule has 0 saturated heterocycles. The van der Waals surface area contributed by atoms with Crippen LogP contribution in [0.3, 0.4) is 0 Å². The molecule has 0 aliphatic carbocycles. The number of benzene rings is 2. The number of hydrogen-bond donors (Lipinski definition) is 1. The maximum atomic E-state index is 5.72. The third-order valence-corrected chi connectivity index (χ3v) is 3.38. The fourth-order valence-electron chi connectivity index (χ4n) is 2.21. The molecule has 2 aromatic carbocycles. The van der Waals surface area contributed by atoms with Crippen molar-refractivity contribution in [1.29, 1.82) is 0 Å². The summed E-state index contributed by atoms with van der Waals surface area (Å²) in [7, 11) is 1.64. The van der Waals surface area contributed by atoms with E-state index in [1.807, 2.05) is 55.5 Å². The monoisotopic (exact) mass is 295 g/mol. The smallest absolute Gasteiger partial charge is 0.248 e. The Morgan fingerprint density at radius 2 is 1.82 bits per heavy atom. The number of hydrogen-bond acceptors (Lipinski definition) is 5. The zero-order valence-corrected chi connectivity index (χ0v) is 12.5. The second-order valence-electron chi connectivity index (χ2n) is 4.87. The van der Waals surface area contributed by atoms with Crippen LogP contribution in [0, 0.1) is 6.92 Å². The summed E-state index contributed by atoms with van der Waals surface area (Å²) < 4.78 is 11.0. The van der Waals surface area contributed by atoms with Gasteiger partial charge in [-0.15, -0.1) is 10.2 Å². The lowest BCUT2D eigenvalue weighted by atomic mass is 10.1. The van der Waals surface area contributed by atoms with Crippen LogP contribution in [0.5, 0.6) is 5.75 Å². The molecule has 0 aliphatic heterocycles. The fraction of sp³-hybridized carbons (Fsp3) is 0.176. The van der Waals surface area contributed by atoms with Crippen LogP contribution in [0.4, 0.5) is 5.69 Å². The molecular formula is C17H17N3O2. The van der Waals surface area contributed by atoms with Crippen molar-refractivity contribution in [3.05, 3.63) is 60.0 Å². The molecule has 0 atom stereocenters. The second-order valence-corrected chi connectivity index (χ2v) is 4.87. The summed E-state index contributed by atoms with van der Waals surface area (Å²) in [6, 6.07) is 15.6. The van der Waals surface area contributed by atoms with E-state index in [0.29, 0.717) is 18.3 Å². The second kappa shape index (κ2) is 6.30. The SMILES string of the molecule is COc1ccccc1NCc1nnc(-c2ccccc2C)o1. The highest BCUT2D eigenvalue weighted by molar-refractivity contribution is 5.58. The van der Waals surface area contributed by atoms with Gasteiger partial charge in [-0.3, -0.25) is 0 Å². The lowest BCUT2D eigenvalue weighted by Gasteiger charge is -2.08. The van der Waals surface area contributed by atoms with Gasteiger partial charge in [-0.1, -0.05) is 30.3 Å². The number of aryl methyl sites for hydroxylation is 1. The minimum atomic E-state index is 0.444. The van der Waals surface area contributed by atoms with Crippen molar-refractivity contribution < 1.29 is 9.15 Å². The highest BCUT2D eigenvalue weighted by atomic mass is 16.5. The standard InChI is InChI=1S/C17H17N3O2/c1-12-7-3-4-8-13(12)17-20-19-16(22-17)11-18-14-9-5-6-10-15(14)21-2/h3-10,18H,11H2,1-2H3. The van der Waals surface area contributed by atoms with Gasteiger partial charge in [0.25, 0.3) is 0 Å². The van der Waals surface area contributed by atoms with Crippen molar-refractivity contribution in [2.75, 3.05) is 12.4 Å². The molecule has 3 rings (SSSR count). The Kier molecular flexibility index (Phi) is 4.05. The van der Waals surface area contributed by atoms with Crippen LogP contribution in [-0.4, -0.2) is 17.3 Å². The molecule has 5 nitrogen and oxygen atoms in total. The van der Waals surface area contributed by atoms with Gasteiger partial charge < -0.3 is 14.5 Å². The minimum absolute atomic E-state index is 0.444. The normalized spacial score (nSPS) is 10.5. The number of ether oxygens (including phenoxy) is 1. The van der Waals surface area contributed by atoms with Crippen molar-refractivity contribution in [2.45, 2.75) is 13.5 Å². The van der Waals surface area contributed by atoms with Gasteiger partial charge in [0, 0.05) is 5.56 Å². The Hall–Kier alpha value is -2.82. The van der Waals surface area contributed by atoms with Crippen molar-refractivity contribution in [2.24, 2.45) is 0 Å². The quantitative estimate of drug-likeness (QED) is 0.778. The average molecular weight is 295 g/mol. The zero-order chi connectivity index (χ0) is 15.4. The molecule has 0 spiro atoms. The van der Waals surface area contributed by atoms with Crippen LogP contribution in [0.15, 0.2) is 52.9 Å². The van der Waals surface area contributed by atoms with E-state index in [1.165, 1.54) is 0 Å². The van der Waals surface area contributed by atoms with Crippen LogP contribution in [-0.2, 0) is 6.54 Å². The Morgan fingerprint density at radius 1 is 1.05 bits per heavy atom. The van der Waals surface area contributed by atoms with Gasteiger partial charge in [0.15, 0.2) is 0 Å². The van der Waals surface area contributed by atoms with Crippen LogP contribution in [0.2, 0.25) is 0 Å². The molecular weight excluding hydrogens is 278 g/mol. The fourth-order valence-corrected chi connectivity index (χ4v) is 2.21. The van der Waals surface area contributed by atoms with Gasteiger partial charge in [0.1, 0.15) is 5.75 Å². The highest BCUT2D eigenvalue weighted by Gasteiger charge is 2.10. The molecule has 0 radical (unpaired) electrons. The highest BCUT2D eigenvalue weighted by Crippen LogP contribution is 2.25. The van der Waals surface area contributed by atoms with Gasteiger partial charge in [-0.2, -0.15) is 0 Å². The molecule has 0 bridgehead atoms. The first-order valence-corrected chi connectivity index (χ1v) is 7.03. The molecule has 5 heteroatoms. The predicted molar refractivity (Wildman–Crippen MR) is 84.8 cm³/mol. The van der Waals surface area contributed by atoms with E-state index in [4.69, 9.17) is 9.15 Å². The van der Waals surface area contributed by atoms with E-state index in [1.54, 1.807) is 7.11 Å². The van der Waals surface area contributed by atoms with Gasteiger partial charge in [-0.25, -0.2) is 0 Å². The maximum Gasteiger partial charge on any atom is 0.248 e. The number of nitrogens with zero attached hydrogens (tertiary/aromatic N) is 2. The van der Waals surface area contributed by atoms with Crippen molar-refractivity contribution in [1.82, 2.24) is 10.2 Å². The van der Waals surface area contributed by atoms with E-state index in [9.17, 15) is 0 Å². The third-order valence-electron chi connectivity index (χ3n) is 3.38. The Labute approximate surface area is 129 Å². The van der Waals surface area contributed by atoms with E-state index >= 15 is 0 Å². The average Bonchev–Trinajstić information content (AvgIpc) is 3.02. The van der Waals surface area contributed by atoms with Crippen LogP contribution < -0.4 is 10.1 Å². The summed E-state index contributed by atoms with van der Waals surface area (Å²) >= 11 is 0. The molecule has 112 valence electrons. The van der Waals surface area contributed by atoms with Gasteiger partial charge in [-0.05, 0) is 30.7 Å². The Bertz CT molecular complexity index is 768. The van der Waals surface area contributed by atoms with Crippen molar-refractivity contribution >= 4 is 5.69 Å². The van der Waals surface area contributed by atoms with Crippen molar-refractivity contribution in [3.8, 4) is 17.2 Å². The van der Waals surface area contributed by atoms with E-state index in [-0.39, 0.29) is 0 Å². The van der Waals surface area contributed by atoms with E-state index < -0.39 is 0 Å². The molecule has 0 saturated carbocycles. The summed E-state index contributed by atoms with van der Waals surface area (Å²) in [5.41, 5.74) is 2.95. The number of anilines is 1. The first-order chi connectivity index (χ1) is 10.8. The van der Waals surface area contributed by atoms with Crippen LogP contribution in [0.1, 0.15) is 11.5 Å². The van der Waals surface area contributed by atoms with Crippen LogP contribution >= 0.6 is 0 Å². The molecule has 1 heterocycles. The summed E-state index contributed by atoms with van der Waals surface area (Å²) in [6.45, 7) is 2.46. The van der Waals surface area contributed by atoms with Gasteiger partial charge in [0.2, 0.25) is 11.8 Å². The largest absolute Gasteiger partial charge is 0.495 e. The summed E-state index contributed by atoms with van der Waals surface area (Å²) in [5, 5.41) is 11.4. The third kappa shape index (κ3) is 2.93. The number of rotatable bonds is 5. The lowest BCUT2D eigenvalue weighted by molar-refractivity contribution is 0.416. The van der Waals surface area contributed by atoms with E-state index in [2.05, 4.69) is 15.5 Å². The van der Waals surface area contributed by atoms with Crippen LogP contribution in [0.25, 0.3) is 11.5 Å². The first kappa shape index (κ1) is 14.1. The molecule has 22 heavy (non-hydrogen) atoms. The summed E-state index contributed by atoms with van der Waals surface area (Å²) in [5.74, 6) is 1.85. The molecule has 0 amide bonds. The molecule has 0 fully saturated rings. The number of para-hydroxylation sites is 2. The van der Waals surface area contributed by atoms with Gasteiger partial charge >= 0.3 is 0 Å². The molecule has 1 N–H and O–H groups in total.